The number of nitrogens with one attached hydrogen (secondary N) is 2. The molecule has 0 spiro atoms. The maximum absolute atomic E-state index is 11.5. The van der Waals surface area contributed by atoms with Crippen molar-refractivity contribution in [3.05, 3.63) is 48.0 Å². The van der Waals surface area contributed by atoms with E-state index in [1.165, 1.54) is 5.56 Å². The first-order chi connectivity index (χ1) is 10.7. The highest BCUT2D eigenvalue weighted by atomic mass is 16.5. The Morgan fingerprint density at radius 3 is 3.05 bits per heavy atom. The molecule has 0 bridgehead atoms. The van der Waals surface area contributed by atoms with Crippen molar-refractivity contribution in [2.24, 2.45) is 0 Å². The van der Waals surface area contributed by atoms with Gasteiger partial charge in [0.15, 0.2) is 0 Å². The van der Waals surface area contributed by atoms with Gasteiger partial charge in [-0.15, -0.1) is 6.58 Å². The standard InChI is InChI=1S/C17H25N3O2/c1-3-7-18-17(21)19-11-15-5-4-6-16(10-15)13-20-8-9-22-14(2)12-20/h3-6,10,14H,1,7-9,11-13H2,2H3,(H2,18,19,21). The number of ether oxygens (including phenoxy) is 1. The third kappa shape index (κ3) is 5.50. The number of carbonyl (C=O) groups excluding carboxylic acids is 1. The summed E-state index contributed by atoms with van der Waals surface area (Å²) in [6, 6.07) is 8.17. The zero-order valence-electron chi connectivity index (χ0n) is 13.2. The molecule has 1 aromatic carbocycles. The van der Waals surface area contributed by atoms with Crippen molar-refractivity contribution in [2.45, 2.75) is 26.1 Å². The van der Waals surface area contributed by atoms with Crippen LogP contribution >= 0.6 is 0 Å². The number of rotatable bonds is 6. The highest BCUT2D eigenvalue weighted by Crippen LogP contribution is 2.12. The van der Waals surface area contributed by atoms with Gasteiger partial charge in [-0.05, 0) is 18.1 Å². The molecule has 1 heterocycles. The smallest absolute Gasteiger partial charge is 0.315 e. The van der Waals surface area contributed by atoms with Crippen LogP contribution < -0.4 is 10.6 Å². The molecule has 1 aliphatic rings. The van der Waals surface area contributed by atoms with Crippen molar-refractivity contribution in [3.63, 3.8) is 0 Å². The lowest BCUT2D eigenvalue weighted by Gasteiger charge is -2.31. The van der Waals surface area contributed by atoms with Crippen LogP contribution in [0.1, 0.15) is 18.1 Å². The average Bonchev–Trinajstić information content (AvgIpc) is 2.51. The number of benzene rings is 1. The summed E-state index contributed by atoms with van der Waals surface area (Å²) in [6.07, 6.45) is 1.95. The van der Waals surface area contributed by atoms with Gasteiger partial charge in [-0.3, -0.25) is 4.90 Å². The number of hydrogen-bond donors (Lipinski definition) is 2. The van der Waals surface area contributed by atoms with Crippen LogP contribution in [0.2, 0.25) is 0 Å². The summed E-state index contributed by atoms with van der Waals surface area (Å²) in [6.45, 7) is 10.3. The third-order valence-electron chi connectivity index (χ3n) is 3.58. The quantitative estimate of drug-likeness (QED) is 0.789. The van der Waals surface area contributed by atoms with Gasteiger partial charge in [-0.1, -0.05) is 30.3 Å². The molecular formula is C17H25N3O2. The Morgan fingerprint density at radius 2 is 2.27 bits per heavy atom. The normalized spacial score (nSPS) is 18.7. The summed E-state index contributed by atoms with van der Waals surface area (Å²) in [4.78, 5) is 13.9. The summed E-state index contributed by atoms with van der Waals surface area (Å²) < 4.78 is 5.56. The van der Waals surface area contributed by atoms with Crippen molar-refractivity contribution < 1.29 is 9.53 Å². The van der Waals surface area contributed by atoms with Gasteiger partial charge < -0.3 is 15.4 Å². The lowest BCUT2D eigenvalue weighted by molar-refractivity contribution is -0.0212. The van der Waals surface area contributed by atoms with E-state index in [0.29, 0.717) is 19.2 Å². The van der Waals surface area contributed by atoms with Gasteiger partial charge in [0.25, 0.3) is 0 Å². The van der Waals surface area contributed by atoms with Crippen LogP contribution in [-0.2, 0) is 17.8 Å². The van der Waals surface area contributed by atoms with Crippen LogP contribution in [0.5, 0.6) is 0 Å². The van der Waals surface area contributed by atoms with Crippen LogP contribution in [0.4, 0.5) is 4.79 Å². The fourth-order valence-corrected chi connectivity index (χ4v) is 2.54. The van der Waals surface area contributed by atoms with Crippen LogP contribution in [0.25, 0.3) is 0 Å². The molecule has 2 rings (SSSR count). The molecule has 1 aliphatic heterocycles. The monoisotopic (exact) mass is 303 g/mol. The zero-order chi connectivity index (χ0) is 15.8. The molecule has 5 nitrogen and oxygen atoms in total. The van der Waals surface area contributed by atoms with E-state index in [4.69, 9.17) is 4.74 Å². The van der Waals surface area contributed by atoms with E-state index in [9.17, 15) is 4.79 Å². The molecule has 1 saturated heterocycles. The van der Waals surface area contributed by atoms with Crippen molar-refractivity contribution in [2.75, 3.05) is 26.2 Å². The summed E-state index contributed by atoms with van der Waals surface area (Å²) in [5.74, 6) is 0. The minimum Gasteiger partial charge on any atom is -0.376 e. The van der Waals surface area contributed by atoms with E-state index in [1.807, 2.05) is 12.1 Å². The van der Waals surface area contributed by atoms with Gasteiger partial charge >= 0.3 is 6.03 Å². The number of amides is 2. The number of carbonyl (C=O) groups is 1. The topological polar surface area (TPSA) is 53.6 Å². The second kappa shape index (κ2) is 8.56. The molecule has 0 aromatic heterocycles. The Labute approximate surface area is 132 Å². The predicted molar refractivity (Wildman–Crippen MR) is 87.6 cm³/mol. The maximum atomic E-state index is 11.5. The van der Waals surface area contributed by atoms with Gasteiger partial charge in [0.05, 0.1) is 12.7 Å². The summed E-state index contributed by atoms with van der Waals surface area (Å²) in [5, 5.41) is 5.54. The van der Waals surface area contributed by atoms with Crippen molar-refractivity contribution in [3.8, 4) is 0 Å². The Balaban J connectivity index is 1.84. The first kappa shape index (κ1) is 16.5. The second-order valence-corrected chi connectivity index (χ2v) is 5.59. The molecule has 1 unspecified atom stereocenters. The third-order valence-corrected chi connectivity index (χ3v) is 3.58. The molecule has 2 amide bonds. The Morgan fingerprint density at radius 1 is 1.45 bits per heavy atom. The fraction of sp³-hybridized carbons (Fsp3) is 0.471. The zero-order valence-corrected chi connectivity index (χ0v) is 13.2. The molecule has 120 valence electrons. The molecule has 1 atom stereocenters. The first-order valence-corrected chi connectivity index (χ1v) is 7.71. The van der Waals surface area contributed by atoms with E-state index < -0.39 is 0 Å². The van der Waals surface area contributed by atoms with E-state index in [1.54, 1.807) is 6.08 Å². The van der Waals surface area contributed by atoms with E-state index in [0.717, 1.165) is 31.8 Å². The molecule has 1 aromatic rings. The van der Waals surface area contributed by atoms with Gasteiger partial charge in [0.1, 0.15) is 0 Å². The number of morpholine rings is 1. The van der Waals surface area contributed by atoms with Gasteiger partial charge in [0.2, 0.25) is 0 Å². The molecule has 5 heteroatoms. The molecule has 0 saturated carbocycles. The van der Waals surface area contributed by atoms with E-state index in [2.05, 4.69) is 41.2 Å². The Bertz CT molecular complexity index is 504. The van der Waals surface area contributed by atoms with E-state index >= 15 is 0 Å². The highest BCUT2D eigenvalue weighted by molar-refractivity contribution is 5.73. The van der Waals surface area contributed by atoms with Gasteiger partial charge in [-0.25, -0.2) is 4.79 Å². The lowest BCUT2D eigenvalue weighted by Crippen LogP contribution is -2.40. The first-order valence-electron chi connectivity index (χ1n) is 7.71. The SMILES string of the molecule is C=CCNC(=O)NCc1cccc(CN2CCOC(C)C2)c1. The number of nitrogens with zero attached hydrogens (tertiary/aromatic N) is 1. The molecular weight excluding hydrogens is 278 g/mol. The highest BCUT2D eigenvalue weighted by Gasteiger charge is 2.16. The molecule has 0 radical (unpaired) electrons. The van der Waals surface area contributed by atoms with Gasteiger partial charge in [-0.2, -0.15) is 0 Å². The van der Waals surface area contributed by atoms with Crippen LogP contribution in [0.3, 0.4) is 0 Å². The number of hydrogen-bond acceptors (Lipinski definition) is 3. The minimum atomic E-state index is -0.174. The molecule has 2 N–H and O–H groups in total. The average molecular weight is 303 g/mol. The van der Waals surface area contributed by atoms with E-state index in [-0.39, 0.29) is 6.03 Å². The second-order valence-electron chi connectivity index (χ2n) is 5.59. The molecule has 1 fully saturated rings. The number of urea groups is 1. The molecule has 0 aliphatic carbocycles. The summed E-state index contributed by atoms with van der Waals surface area (Å²) in [5.41, 5.74) is 2.37. The van der Waals surface area contributed by atoms with Crippen LogP contribution in [0.15, 0.2) is 36.9 Å². The maximum Gasteiger partial charge on any atom is 0.315 e. The van der Waals surface area contributed by atoms with Crippen molar-refractivity contribution >= 4 is 6.03 Å². The van der Waals surface area contributed by atoms with Crippen molar-refractivity contribution in [1.82, 2.24) is 15.5 Å². The van der Waals surface area contributed by atoms with Gasteiger partial charge in [0, 0.05) is 32.7 Å². The molecule has 22 heavy (non-hydrogen) atoms. The summed E-state index contributed by atoms with van der Waals surface area (Å²) >= 11 is 0. The Kier molecular flexibility index (Phi) is 6.43. The van der Waals surface area contributed by atoms with Crippen LogP contribution in [-0.4, -0.2) is 43.3 Å². The minimum absolute atomic E-state index is 0.174. The van der Waals surface area contributed by atoms with Crippen LogP contribution in [0, 0.1) is 0 Å². The summed E-state index contributed by atoms with van der Waals surface area (Å²) in [7, 11) is 0. The predicted octanol–water partition coefficient (Wildman–Crippen LogP) is 1.89. The largest absolute Gasteiger partial charge is 0.376 e. The Hall–Kier alpha value is -1.85. The van der Waals surface area contributed by atoms with Crippen molar-refractivity contribution in [1.29, 1.82) is 0 Å². The lowest BCUT2D eigenvalue weighted by atomic mass is 10.1. The fourth-order valence-electron chi connectivity index (χ4n) is 2.54.